The number of hydrogen-bond donors (Lipinski definition) is 4. The first kappa shape index (κ1) is 31.7. The van der Waals surface area contributed by atoms with Crippen LogP contribution in [0.15, 0.2) is 95.6 Å². The topological polar surface area (TPSA) is 190 Å². The molecule has 0 aliphatic heterocycles. The van der Waals surface area contributed by atoms with Crippen molar-refractivity contribution in [1.82, 2.24) is 10.9 Å². The predicted molar refractivity (Wildman–Crippen MR) is 157 cm³/mol. The molecule has 13 nitrogen and oxygen atoms in total. The van der Waals surface area contributed by atoms with Gasteiger partial charge >= 0.3 is 17.9 Å². The fourth-order valence-corrected chi connectivity index (χ4v) is 3.97. The number of esters is 2. The van der Waals surface area contributed by atoms with Crippen molar-refractivity contribution >= 4 is 41.3 Å². The van der Waals surface area contributed by atoms with Gasteiger partial charge < -0.3 is 24.3 Å². The number of ether oxygens (including phenoxy) is 2. The number of carboxylic acids is 1. The molecule has 4 N–H and O–H groups in total. The van der Waals surface area contributed by atoms with E-state index in [4.69, 9.17) is 13.9 Å². The molecule has 0 fully saturated rings. The quantitative estimate of drug-likeness (QED) is 0.152. The fourth-order valence-electron chi connectivity index (χ4n) is 3.97. The third kappa shape index (κ3) is 8.41. The van der Waals surface area contributed by atoms with E-state index >= 15 is 0 Å². The third-order valence-corrected chi connectivity index (χ3v) is 6.20. The molecule has 0 bridgehead atoms. The SMILES string of the molecule is Cc1cccc(C(=O)O[C@H](C(=O)O)[C@@H](OC(=O)c2cccc(C)c2)C(=O)NNC(=O)c2ccc(NC(=O)c3ccco3)cc2)c1. The normalized spacial score (nSPS) is 11.8. The van der Waals surface area contributed by atoms with Crippen LogP contribution >= 0.6 is 0 Å². The van der Waals surface area contributed by atoms with Crippen LogP contribution in [0.1, 0.15) is 52.8 Å². The number of aliphatic carboxylic acids is 1. The van der Waals surface area contributed by atoms with Crippen molar-refractivity contribution in [3.05, 3.63) is 125 Å². The summed E-state index contributed by atoms with van der Waals surface area (Å²) in [6.07, 6.45) is -3.16. The van der Waals surface area contributed by atoms with Crippen LogP contribution < -0.4 is 16.2 Å². The summed E-state index contributed by atoms with van der Waals surface area (Å²) in [7, 11) is 0. The Hall–Kier alpha value is -6.24. The molecular weight excluding hydrogens is 586 g/mol. The minimum atomic E-state index is -2.29. The second-order valence-electron chi connectivity index (χ2n) is 9.68. The Bertz CT molecular complexity index is 1730. The van der Waals surface area contributed by atoms with Gasteiger partial charge in [-0.25, -0.2) is 14.4 Å². The van der Waals surface area contributed by atoms with Gasteiger partial charge in [0.1, 0.15) is 0 Å². The third-order valence-electron chi connectivity index (χ3n) is 6.20. The van der Waals surface area contributed by atoms with E-state index in [1.807, 2.05) is 5.43 Å². The fraction of sp³-hybridized carbons (Fsp3) is 0.125. The molecule has 3 amide bonds. The van der Waals surface area contributed by atoms with Gasteiger partial charge in [0, 0.05) is 11.3 Å². The number of anilines is 1. The van der Waals surface area contributed by atoms with Crippen LogP contribution in [0.5, 0.6) is 0 Å². The largest absolute Gasteiger partial charge is 0.478 e. The second-order valence-corrected chi connectivity index (χ2v) is 9.68. The smallest absolute Gasteiger partial charge is 0.349 e. The summed E-state index contributed by atoms with van der Waals surface area (Å²) in [6, 6.07) is 20.8. The molecule has 13 heteroatoms. The molecule has 3 aromatic carbocycles. The lowest BCUT2D eigenvalue weighted by Gasteiger charge is -2.23. The minimum absolute atomic E-state index is 0.00233. The predicted octanol–water partition coefficient (Wildman–Crippen LogP) is 3.45. The van der Waals surface area contributed by atoms with Crippen molar-refractivity contribution in [1.29, 1.82) is 0 Å². The van der Waals surface area contributed by atoms with Gasteiger partial charge in [-0.15, -0.1) is 0 Å². The molecule has 4 aromatic rings. The van der Waals surface area contributed by atoms with Crippen LogP contribution in [0.4, 0.5) is 5.69 Å². The molecule has 0 saturated heterocycles. The zero-order chi connectivity index (χ0) is 32.5. The summed E-state index contributed by atoms with van der Waals surface area (Å²) < 4.78 is 15.4. The summed E-state index contributed by atoms with van der Waals surface area (Å²) >= 11 is 0. The molecule has 0 saturated carbocycles. The van der Waals surface area contributed by atoms with Crippen molar-refractivity contribution in [2.75, 3.05) is 5.32 Å². The van der Waals surface area contributed by atoms with Gasteiger partial charge in [-0.2, -0.15) is 0 Å². The van der Waals surface area contributed by atoms with Crippen molar-refractivity contribution in [3.8, 4) is 0 Å². The number of amides is 3. The minimum Gasteiger partial charge on any atom is -0.478 e. The standard InChI is InChI=1S/C32H27N3O10/c1-18-6-3-8-21(16-18)31(41)44-25(26(30(39)40)45-32(42)22-9-4-7-19(2)17-22)29(38)35-34-27(36)20-11-13-23(14-12-20)33-28(37)24-10-5-15-43-24/h3-17,25-26H,1-2H3,(H,33,37)(H,34,36)(H,35,38)(H,39,40)/t25-,26+/m1/s1. The lowest BCUT2D eigenvalue weighted by Crippen LogP contribution is -2.54. The molecule has 230 valence electrons. The van der Waals surface area contributed by atoms with Gasteiger partial charge in [-0.3, -0.25) is 25.2 Å². The Morgan fingerprint density at radius 1 is 0.667 bits per heavy atom. The van der Waals surface area contributed by atoms with Crippen LogP contribution in [0.25, 0.3) is 0 Å². The van der Waals surface area contributed by atoms with E-state index in [1.54, 1.807) is 44.2 Å². The van der Waals surface area contributed by atoms with Crippen LogP contribution in [0.2, 0.25) is 0 Å². The Morgan fingerprint density at radius 3 is 1.76 bits per heavy atom. The van der Waals surface area contributed by atoms with E-state index in [-0.39, 0.29) is 22.5 Å². The number of nitrogens with one attached hydrogen (secondary N) is 3. The highest BCUT2D eigenvalue weighted by Gasteiger charge is 2.41. The molecule has 1 aromatic heterocycles. The zero-order valence-corrected chi connectivity index (χ0v) is 23.9. The number of rotatable bonds is 10. The average Bonchev–Trinajstić information content (AvgIpc) is 3.57. The average molecular weight is 614 g/mol. The lowest BCUT2D eigenvalue weighted by atomic mass is 10.1. The number of hydrazine groups is 1. The molecule has 1 heterocycles. The second kappa shape index (κ2) is 14.3. The van der Waals surface area contributed by atoms with E-state index in [1.165, 1.54) is 60.9 Å². The van der Waals surface area contributed by atoms with Gasteiger partial charge in [-0.05, 0) is 74.5 Å². The molecule has 2 atom stereocenters. The van der Waals surface area contributed by atoms with Crippen molar-refractivity contribution < 1.29 is 47.8 Å². The number of carbonyl (C=O) groups is 6. The number of carboxylic acid groups (broad SMARTS) is 1. The lowest BCUT2D eigenvalue weighted by molar-refractivity contribution is -0.159. The van der Waals surface area contributed by atoms with Crippen molar-refractivity contribution in [2.45, 2.75) is 26.1 Å². The van der Waals surface area contributed by atoms with Crippen LogP contribution in [0, 0.1) is 13.8 Å². The van der Waals surface area contributed by atoms with E-state index in [0.29, 0.717) is 16.8 Å². The van der Waals surface area contributed by atoms with Gasteiger partial charge in [0.15, 0.2) is 5.76 Å². The van der Waals surface area contributed by atoms with E-state index < -0.39 is 47.8 Å². The van der Waals surface area contributed by atoms with Gasteiger partial charge in [-0.1, -0.05) is 35.4 Å². The first-order valence-corrected chi connectivity index (χ1v) is 13.3. The number of benzene rings is 3. The maximum absolute atomic E-state index is 13.2. The summed E-state index contributed by atoms with van der Waals surface area (Å²) in [5.74, 6) is -6.50. The summed E-state index contributed by atoms with van der Waals surface area (Å²) in [4.78, 5) is 76.0. The Kier molecular flexibility index (Phi) is 10.1. The van der Waals surface area contributed by atoms with Gasteiger partial charge in [0.2, 0.25) is 12.2 Å². The first-order valence-electron chi connectivity index (χ1n) is 13.3. The van der Waals surface area contributed by atoms with Crippen LogP contribution in [-0.2, 0) is 19.1 Å². The molecule has 0 aliphatic carbocycles. The van der Waals surface area contributed by atoms with E-state index in [2.05, 4.69) is 10.7 Å². The van der Waals surface area contributed by atoms with Crippen LogP contribution in [-0.4, -0.2) is 52.9 Å². The summed E-state index contributed by atoms with van der Waals surface area (Å²) in [6.45, 7) is 3.41. The van der Waals surface area contributed by atoms with E-state index in [0.717, 1.165) is 0 Å². The Morgan fingerprint density at radius 2 is 1.24 bits per heavy atom. The molecule has 45 heavy (non-hydrogen) atoms. The highest BCUT2D eigenvalue weighted by atomic mass is 16.6. The number of hydrogen-bond acceptors (Lipinski definition) is 9. The molecule has 0 unspecified atom stereocenters. The van der Waals surface area contributed by atoms with Crippen molar-refractivity contribution in [2.24, 2.45) is 0 Å². The molecule has 0 aliphatic rings. The highest BCUT2D eigenvalue weighted by molar-refractivity contribution is 6.03. The number of aryl methyl sites for hydroxylation is 2. The van der Waals surface area contributed by atoms with E-state index in [9.17, 15) is 33.9 Å². The zero-order valence-electron chi connectivity index (χ0n) is 23.9. The monoisotopic (exact) mass is 613 g/mol. The molecule has 0 radical (unpaired) electrons. The number of furan rings is 1. The van der Waals surface area contributed by atoms with Crippen LogP contribution in [0.3, 0.4) is 0 Å². The van der Waals surface area contributed by atoms with Gasteiger partial charge in [0.05, 0.1) is 17.4 Å². The maximum Gasteiger partial charge on any atom is 0.349 e. The highest BCUT2D eigenvalue weighted by Crippen LogP contribution is 2.16. The van der Waals surface area contributed by atoms with Crippen molar-refractivity contribution in [3.63, 3.8) is 0 Å². The Balaban J connectivity index is 1.49. The molecular formula is C32H27N3O10. The summed E-state index contributed by atoms with van der Waals surface area (Å²) in [5, 5.41) is 12.5. The maximum atomic E-state index is 13.2. The first-order chi connectivity index (χ1) is 21.5. The van der Waals surface area contributed by atoms with Gasteiger partial charge in [0.25, 0.3) is 17.7 Å². The number of carbonyl (C=O) groups excluding carboxylic acids is 5. The summed E-state index contributed by atoms with van der Waals surface area (Å²) in [5.41, 5.74) is 5.89. The molecule has 4 rings (SSSR count). The Labute approximate surface area is 256 Å². The molecule has 0 spiro atoms.